The zero-order valence-corrected chi connectivity index (χ0v) is 13.4. The second kappa shape index (κ2) is 4.70. The SMILES string of the molecule is O=C(NN1C(=O)C2C3C=CC(C4CC34)C2C1=O)c1ccc(Cl)cc1. The van der Waals surface area contributed by atoms with Crippen LogP contribution in [0, 0.1) is 35.5 Å². The van der Waals surface area contributed by atoms with Crippen LogP contribution in [0.25, 0.3) is 0 Å². The van der Waals surface area contributed by atoms with E-state index in [1.165, 1.54) is 0 Å². The first-order valence-corrected chi connectivity index (χ1v) is 8.57. The number of halogens is 1. The van der Waals surface area contributed by atoms with Gasteiger partial charge in [0.1, 0.15) is 0 Å². The minimum atomic E-state index is -0.475. The molecule has 6 heteroatoms. The fourth-order valence-corrected chi connectivity index (χ4v) is 4.96. The smallest absolute Gasteiger partial charge is 0.270 e. The lowest BCUT2D eigenvalue weighted by Crippen LogP contribution is -2.46. The summed E-state index contributed by atoms with van der Waals surface area (Å²) in [4.78, 5) is 37.9. The van der Waals surface area contributed by atoms with Crippen molar-refractivity contribution in [2.24, 2.45) is 35.5 Å². The topological polar surface area (TPSA) is 66.5 Å². The fraction of sp³-hybridized carbons (Fsp3) is 0.389. The van der Waals surface area contributed by atoms with Gasteiger partial charge in [-0.25, -0.2) is 0 Å². The number of hydrogen-bond donors (Lipinski definition) is 1. The first-order valence-electron chi connectivity index (χ1n) is 8.19. The molecule has 24 heavy (non-hydrogen) atoms. The van der Waals surface area contributed by atoms with Gasteiger partial charge < -0.3 is 0 Å². The van der Waals surface area contributed by atoms with Crippen LogP contribution in [-0.4, -0.2) is 22.7 Å². The zero-order valence-electron chi connectivity index (χ0n) is 12.7. The number of nitrogens with zero attached hydrogens (tertiary/aromatic N) is 1. The molecule has 4 aliphatic carbocycles. The predicted molar refractivity (Wildman–Crippen MR) is 85.5 cm³/mol. The molecule has 5 nitrogen and oxygen atoms in total. The summed E-state index contributed by atoms with van der Waals surface area (Å²) in [7, 11) is 0. The van der Waals surface area contributed by atoms with Crippen molar-refractivity contribution in [1.29, 1.82) is 0 Å². The highest BCUT2D eigenvalue weighted by Gasteiger charge is 2.67. The summed E-state index contributed by atoms with van der Waals surface area (Å²) in [5, 5.41) is 1.47. The van der Waals surface area contributed by atoms with Crippen molar-refractivity contribution in [3.63, 3.8) is 0 Å². The van der Waals surface area contributed by atoms with Crippen LogP contribution in [0.2, 0.25) is 5.02 Å². The number of allylic oxidation sites excluding steroid dienone is 2. The van der Waals surface area contributed by atoms with Crippen LogP contribution in [0.3, 0.4) is 0 Å². The third kappa shape index (κ3) is 1.79. The van der Waals surface area contributed by atoms with E-state index >= 15 is 0 Å². The summed E-state index contributed by atoms with van der Waals surface area (Å²) < 4.78 is 0. The molecule has 1 aromatic carbocycles. The number of amides is 3. The van der Waals surface area contributed by atoms with Gasteiger partial charge in [0.25, 0.3) is 17.7 Å². The molecule has 0 radical (unpaired) electrons. The molecular weight excluding hydrogens is 328 g/mol. The van der Waals surface area contributed by atoms with Crippen LogP contribution in [0.5, 0.6) is 0 Å². The van der Waals surface area contributed by atoms with Crippen LogP contribution in [0.4, 0.5) is 0 Å². The van der Waals surface area contributed by atoms with Crippen molar-refractivity contribution in [3.05, 3.63) is 47.0 Å². The second-order valence-corrected chi connectivity index (χ2v) is 7.55. The van der Waals surface area contributed by atoms with E-state index in [2.05, 4.69) is 17.6 Å². The molecule has 6 rings (SSSR count). The Bertz CT molecular complexity index is 767. The van der Waals surface area contributed by atoms with Gasteiger partial charge in [-0.3, -0.25) is 19.8 Å². The Balaban J connectivity index is 1.40. The van der Waals surface area contributed by atoms with E-state index in [0.717, 1.165) is 11.4 Å². The monoisotopic (exact) mass is 342 g/mol. The molecule has 3 fully saturated rings. The van der Waals surface area contributed by atoms with E-state index in [-0.39, 0.29) is 35.5 Å². The molecule has 1 aromatic rings. The van der Waals surface area contributed by atoms with Crippen molar-refractivity contribution in [2.45, 2.75) is 6.42 Å². The Hall–Kier alpha value is -2.14. The van der Waals surface area contributed by atoms with E-state index in [1.54, 1.807) is 24.3 Å². The molecule has 5 aliphatic rings. The highest BCUT2D eigenvalue weighted by atomic mass is 35.5. The zero-order chi connectivity index (χ0) is 16.6. The average molecular weight is 343 g/mol. The maximum Gasteiger partial charge on any atom is 0.270 e. The van der Waals surface area contributed by atoms with Crippen LogP contribution in [0.1, 0.15) is 16.8 Å². The van der Waals surface area contributed by atoms with Crippen LogP contribution < -0.4 is 5.43 Å². The highest BCUT2D eigenvalue weighted by molar-refractivity contribution is 6.30. The minimum absolute atomic E-state index is 0.152. The van der Waals surface area contributed by atoms with E-state index in [0.29, 0.717) is 22.4 Å². The molecule has 1 N–H and O–H groups in total. The number of benzene rings is 1. The predicted octanol–water partition coefficient (Wildman–Crippen LogP) is 2.04. The third-order valence-corrected chi connectivity index (χ3v) is 6.23. The lowest BCUT2D eigenvalue weighted by atomic mass is 9.63. The van der Waals surface area contributed by atoms with E-state index < -0.39 is 5.91 Å². The van der Waals surface area contributed by atoms with Gasteiger partial charge in [0, 0.05) is 10.6 Å². The number of rotatable bonds is 2. The standard InChI is InChI=1S/C18H15ClN2O3/c19-9-3-1-8(2-4-9)16(22)20-21-17(23)14-10-5-6-11(13-7-12(10)13)15(14)18(21)24/h1-6,10-15H,7H2,(H,20,22). The fourth-order valence-electron chi connectivity index (χ4n) is 4.83. The molecule has 1 aliphatic heterocycles. The lowest BCUT2D eigenvalue weighted by Gasteiger charge is -2.37. The number of nitrogens with one attached hydrogen (secondary N) is 1. The molecule has 0 aromatic heterocycles. The summed E-state index contributed by atoms with van der Waals surface area (Å²) >= 11 is 5.82. The molecule has 2 saturated carbocycles. The van der Waals surface area contributed by atoms with Gasteiger partial charge in [0.2, 0.25) is 0 Å². The second-order valence-electron chi connectivity index (χ2n) is 7.11. The Morgan fingerprint density at radius 1 is 1.00 bits per heavy atom. The van der Waals surface area contributed by atoms with Crippen molar-refractivity contribution in [2.75, 3.05) is 0 Å². The number of hydrogen-bond acceptors (Lipinski definition) is 3. The number of carbonyl (C=O) groups is 3. The van der Waals surface area contributed by atoms with Gasteiger partial charge in [0.15, 0.2) is 0 Å². The van der Waals surface area contributed by atoms with Crippen molar-refractivity contribution in [3.8, 4) is 0 Å². The molecule has 122 valence electrons. The summed E-state index contributed by atoms with van der Waals surface area (Å²) in [6.07, 6.45) is 5.33. The lowest BCUT2D eigenvalue weighted by molar-refractivity contribution is -0.143. The minimum Gasteiger partial charge on any atom is -0.272 e. The van der Waals surface area contributed by atoms with Crippen LogP contribution in [0.15, 0.2) is 36.4 Å². The summed E-state index contributed by atoms with van der Waals surface area (Å²) in [5.74, 6) is -0.220. The van der Waals surface area contributed by atoms with Gasteiger partial charge in [-0.15, -0.1) is 0 Å². The maximum atomic E-state index is 12.8. The molecule has 1 saturated heterocycles. The van der Waals surface area contributed by atoms with E-state index in [1.807, 2.05) is 0 Å². The Kier molecular flexibility index (Phi) is 2.78. The quantitative estimate of drug-likeness (QED) is 0.660. The largest absolute Gasteiger partial charge is 0.272 e. The summed E-state index contributed by atoms with van der Waals surface area (Å²) in [5.41, 5.74) is 2.85. The maximum absolute atomic E-state index is 12.8. The average Bonchev–Trinajstić information content (AvgIpc) is 3.36. The molecule has 0 spiro atoms. The molecule has 6 atom stereocenters. The number of hydrazine groups is 1. The number of carbonyl (C=O) groups excluding carboxylic acids is 3. The molecule has 6 unspecified atom stereocenters. The van der Waals surface area contributed by atoms with Crippen LogP contribution in [-0.2, 0) is 9.59 Å². The normalized spacial score (nSPS) is 38.1. The Labute approximate surface area is 143 Å². The molecule has 2 bridgehead atoms. The van der Waals surface area contributed by atoms with Crippen molar-refractivity contribution in [1.82, 2.24) is 10.4 Å². The highest BCUT2D eigenvalue weighted by Crippen LogP contribution is 2.65. The first kappa shape index (κ1) is 14.2. The van der Waals surface area contributed by atoms with Gasteiger partial charge >= 0.3 is 0 Å². The Morgan fingerprint density at radius 3 is 2.08 bits per heavy atom. The van der Waals surface area contributed by atoms with Gasteiger partial charge in [0.05, 0.1) is 11.8 Å². The molecule has 3 amide bonds. The van der Waals surface area contributed by atoms with Crippen molar-refractivity contribution < 1.29 is 14.4 Å². The summed E-state index contributed by atoms with van der Waals surface area (Å²) in [6.45, 7) is 0. The first-order chi connectivity index (χ1) is 11.6. The molecular formula is C18H15ClN2O3. The van der Waals surface area contributed by atoms with Gasteiger partial charge in [-0.05, 0) is 54.4 Å². The number of imide groups is 1. The van der Waals surface area contributed by atoms with E-state index in [9.17, 15) is 14.4 Å². The Morgan fingerprint density at radius 2 is 1.54 bits per heavy atom. The van der Waals surface area contributed by atoms with Gasteiger partial charge in [-0.2, -0.15) is 5.01 Å². The van der Waals surface area contributed by atoms with Gasteiger partial charge in [-0.1, -0.05) is 23.8 Å². The summed E-state index contributed by atoms with van der Waals surface area (Å²) in [6, 6.07) is 6.33. The molecule has 1 heterocycles. The van der Waals surface area contributed by atoms with Crippen LogP contribution >= 0.6 is 11.6 Å². The van der Waals surface area contributed by atoms with Crippen molar-refractivity contribution >= 4 is 29.3 Å². The third-order valence-electron chi connectivity index (χ3n) is 5.98. The van der Waals surface area contributed by atoms with E-state index in [4.69, 9.17) is 11.6 Å².